The number of amides is 1. The number of aromatic nitrogens is 2. The van der Waals surface area contributed by atoms with E-state index in [9.17, 15) is 4.79 Å². The fourth-order valence-electron chi connectivity index (χ4n) is 2.97. The van der Waals surface area contributed by atoms with Crippen LogP contribution in [0.5, 0.6) is 17.2 Å². The molecule has 0 aliphatic rings. The van der Waals surface area contributed by atoms with Gasteiger partial charge in [0.1, 0.15) is 17.2 Å². The van der Waals surface area contributed by atoms with Gasteiger partial charge in [0.05, 0.1) is 22.9 Å². The number of anilines is 1. The summed E-state index contributed by atoms with van der Waals surface area (Å²) >= 11 is 1.38. The highest BCUT2D eigenvalue weighted by Crippen LogP contribution is 2.27. The normalized spacial score (nSPS) is 11.8. The zero-order valence-electron chi connectivity index (χ0n) is 17.3. The summed E-state index contributed by atoms with van der Waals surface area (Å²) in [5.74, 6) is 2.17. The molecular weight excluding hydrogens is 410 g/mol. The number of hydrogen-bond acceptors (Lipinski definition) is 5. The molecule has 0 saturated heterocycles. The molecule has 0 aliphatic heterocycles. The van der Waals surface area contributed by atoms with E-state index >= 15 is 0 Å². The molecule has 0 aliphatic carbocycles. The molecule has 1 atom stereocenters. The van der Waals surface area contributed by atoms with Crippen LogP contribution in [-0.4, -0.2) is 27.7 Å². The number of para-hydroxylation sites is 1. The number of rotatable bonds is 8. The van der Waals surface area contributed by atoms with Gasteiger partial charge in [0.25, 0.3) is 0 Å². The predicted molar refractivity (Wildman–Crippen MR) is 124 cm³/mol. The molecule has 0 bridgehead atoms. The SMILES string of the molecule is CCOc1ccc2nc(S[C@@H](C)C(=O)Nc3ccc(Oc4ccccc4)cc3)[nH]c2c1. The molecule has 31 heavy (non-hydrogen) atoms. The Kier molecular flexibility index (Phi) is 6.43. The lowest BCUT2D eigenvalue weighted by Crippen LogP contribution is -2.22. The van der Waals surface area contributed by atoms with Crippen LogP contribution in [0, 0.1) is 0 Å². The summed E-state index contributed by atoms with van der Waals surface area (Å²) in [6.45, 7) is 4.41. The van der Waals surface area contributed by atoms with Crippen LogP contribution in [0.1, 0.15) is 13.8 Å². The lowest BCUT2D eigenvalue weighted by molar-refractivity contribution is -0.115. The Morgan fingerprint density at radius 3 is 2.48 bits per heavy atom. The summed E-state index contributed by atoms with van der Waals surface area (Å²) in [6, 6.07) is 22.6. The van der Waals surface area contributed by atoms with E-state index in [0.717, 1.165) is 22.5 Å². The lowest BCUT2D eigenvalue weighted by atomic mass is 10.3. The van der Waals surface area contributed by atoms with Crippen molar-refractivity contribution in [1.29, 1.82) is 0 Å². The Bertz CT molecular complexity index is 1160. The number of thioether (sulfide) groups is 1. The molecule has 1 heterocycles. The van der Waals surface area contributed by atoms with Crippen molar-refractivity contribution in [2.24, 2.45) is 0 Å². The summed E-state index contributed by atoms with van der Waals surface area (Å²) in [4.78, 5) is 20.4. The molecule has 4 rings (SSSR count). The number of benzene rings is 3. The van der Waals surface area contributed by atoms with Crippen molar-refractivity contribution in [2.75, 3.05) is 11.9 Å². The maximum atomic E-state index is 12.6. The van der Waals surface area contributed by atoms with Crippen molar-refractivity contribution in [1.82, 2.24) is 9.97 Å². The minimum absolute atomic E-state index is 0.0998. The third kappa shape index (κ3) is 5.38. The predicted octanol–water partition coefficient (Wildman–Crippen LogP) is 5.87. The zero-order valence-corrected chi connectivity index (χ0v) is 18.1. The Labute approximate surface area is 185 Å². The summed E-state index contributed by atoms with van der Waals surface area (Å²) < 4.78 is 11.3. The van der Waals surface area contributed by atoms with Gasteiger partial charge < -0.3 is 19.8 Å². The highest BCUT2D eigenvalue weighted by atomic mass is 32.2. The van der Waals surface area contributed by atoms with Crippen molar-refractivity contribution in [2.45, 2.75) is 24.3 Å². The van der Waals surface area contributed by atoms with Gasteiger partial charge in [-0.2, -0.15) is 0 Å². The number of aromatic amines is 1. The van der Waals surface area contributed by atoms with Crippen molar-refractivity contribution < 1.29 is 14.3 Å². The highest BCUT2D eigenvalue weighted by Gasteiger charge is 2.17. The quantitative estimate of drug-likeness (QED) is 0.340. The summed E-state index contributed by atoms with van der Waals surface area (Å²) in [5, 5.41) is 3.30. The van der Waals surface area contributed by atoms with Gasteiger partial charge in [-0.15, -0.1) is 0 Å². The standard InChI is InChI=1S/C24H23N3O3S/c1-3-29-20-13-14-21-22(15-20)27-24(26-21)31-16(2)23(28)25-17-9-11-19(12-10-17)30-18-7-5-4-6-8-18/h4-16H,3H2,1-2H3,(H,25,28)(H,26,27)/t16-/m0/s1. The van der Waals surface area contributed by atoms with Gasteiger partial charge in [-0.05, 0) is 62.4 Å². The average Bonchev–Trinajstić information content (AvgIpc) is 3.17. The van der Waals surface area contributed by atoms with Gasteiger partial charge in [-0.25, -0.2) is 4.98 Å². The van der Waals surface area contributed by atoms with Crippen LogP contribution in [-0.2, 0) is 4.79 Å². The number of imidazole rings is 1. The molecule has 1 amide bonds. The minimum Gasteiger partial charge on any atom is -0.494 e. The van der Waals surface area contributed by atoms with Gasteiger partial charge in [0, 0.05) is 11.8 Å². The second-order valence-corrected chi connectivity index (χ2v) is 8.17. The number of carbonyl (C=O) groups is 1. The van der Waals surface area contributed by atoms with E-state index in [1.807, 2.05) is 86.6 Å². The molecule has 4 aromatic rings. The van der Waals surface area contributed by atoms with Crippen LogP contribution in [0.25, 0.3) is 11.0 Å². The molecule has 0 radical (unpaired) electrons. The molecule has 3 aromatic carbocycles. The van der Waals surface area contributed by atoms with Gasteiger partial charge in [-0.3, -0.25) is 4.79 Å². The summed E-state index contributed by atoms with van der Waals surface area (Å²) in [6.07, 6.45) is 0. The Hall–Kier alpha value is -3.45. The molecule has 0 fully saturated rings. The van der Waals surface area contributed by atoms with Crippen molar-refractivity contribution in [3.8, 4) is 17.2 Å². The second-order valence-electron chi connectivity index (χ2n) is 6.84. The molecule has 7 heteroatoms. The van der Waals surface area contributed by atoms with E-state index < -0.39 is 0 Å². The largest absolute Gasteiger partial charge is 0.494 e. The first-order valence-corrected chi connectivity index (χ1v) is 10.9. The topological polar surface area (TPSA) is 76.2 Å². The van der Waals surface area contributed by atoms with Crippen LogP contribution in [0.15, 0.2) is 78.0 Å². The molecule has 0 saturated carbocycles. The van der Waals surface area contributed by atoms with E-state index in [0.29, 0.717) is 23.2 Å². The van der Waals surface area contributed by atoms with E-state index in [2.05, 4.69) is 15.3 Å². The Morgan fingerprint density at radius 2 is 1.74 bits per heavy atom. The van der Waals surface area contributed by atoms with Crippen molar-refractivity contribution in [3.63, 3.8) is 0 Å². The van der Waals surface area contributed by atoms with Crippen molar-refractivity contribution in [3.05, 3.63) is 72.8 Å². The smallest absolute Gasteiger partial charge is 0.237 e. The maximum Gasteiger partial charge on any atom is 0.237 e. The monoisotopic (exact) mass is 433 g/mol. The first-order chi connectivity index (χ1) is 15.1. The first kappa shape index (κ1) is 20.8. The molecule has 0 spiro atoms. The van der Waals surface area contributed by atoms with Crippen LogP contribution in [0.4, 0.5) is 5.69 Å². The summed E-state index contributed by atoms with van der Waals surface area (Å²) in [5.41, 5.74) is 2.44. The van der Waals surface area contributed by atoms with Crippen LogP contribution >= 0.6 is 11.8 Å². The van der Waals surface area contributed by atoms with Crippen molar-refractivity contribution >= 4 is 34.4 Å². The second kappa shape index (κ2) is 9.57. The van der Waals surface area contributed by atoms with E-state index in [1.54, 1.807) is 0 Å². The lowest BCUT2D eigenvalue weighted by Gasteiger charge is -2.11. The number of ether oxygens (including phenoxy) is 2. The van der Waals surface area contributed by atoms with Gasteiger partial charge in [0.15, 0.2) is 5.16 Å². The zero-order chi connectivity index (χ0) is 21.6. The number of nitrogens with zero attached hydrogens (tertiary/aromatic N) is 1. The molecule has 1 aromatic heterocycles. The third-order valence-corrected chi connectivity index (χ3v) is 5.49. The summed E-state index contributed by atoms with van der Waals surface area (Å²) in [7, 11) is 0. The fourth-order valence-corrected chi connectivity index (χ4v) is 3.79. The molecule has 2 N–H and O–H groups in total. The minimum atomic E-state index is -0.327. The number of H-pyrrole nitrogens is 1. The Morgan fingerprint density at radius 1 is 1.03 bits per heavy atom. The molecular formula is C24H23N3O3S. The maximum absolute atomic E-state index is 12.6. The average molecular weight is 434 g/mol. The fraction of sp³-hybridized carbons (Fsp3) is 0.167. The number of nitrogens with one attached hydrogen (secondary N) is 2. The van der Waals surface area contributed by atoms with E-state index in [1.165, 1.54) is 11.8 Å². The van der Waals surface area contributed by atoms with E-state index in [4.69, 9.17) is 9.47 Å². The first-order valence-electron chi connectivity index (χ1n) is 10.0. The highest BCUT2D eigenvalue weighted by molar-refractivity contribution is 8.00. The molecule has 158 valence electrons. The van der Waals surface area contributed by atoms with Gasteiger partial charge in [-0.1, -0.05) is 30.0 Å². The van der Waals surface area contributed by atoms with Crippen LogP contribution in [0.3, 0.4) is 0 Å². The Balaban J connectivity index is 1.35. The molecule has 6 nitrogen and oxygen atoms in total. The molecule has 0 unspecified atom stereocenters. The number of carbonyl (C=O) groups excluding carboxylic acids is 1. The number of fused-ring (bicyclic) bond motifs is 1. The number of hydrogen-bond donors (Lipinski definition) is 2. The van der Waals surface area contributed by atoms with E-state index in [-0.39, 0.29) is 11.2 Å². The van der Waals surface area contributed by atoms with Gasteiger partial charge >= 0.3 is 0 Å². The van der Waals surface area contributed by atoms with Gasteiger partial charge in [0.2, 0.25) is 5.91 Å². The van der Waals surface area contributed by atoms with Crippen LogP contribution < -0.4 is 14.8 Å². The third-order valence-electron chi connectivity index (χ3n) is 4.50. The van der Waals surface area contributed by atoms with Crippen LogP contribution in [0.2, 0.25) is 0 Å².